The first kappa shape index (κ1) is 72.1. The van der Waals surface area contributed by atoms with Crippen molar-refractivity contribution in [2.24, 2.45) is 0 Å². The molecule has 0 aliphatic rings. The predicted octanol–water partition coefficient (Wildman–Crippen LogP) is 1.17. The van der Waals surface area contributed by atoms with Gasteiger partial charge >= 0.3 is 47.8 Å². The lowest BCUT2D eigenvalue weighted by Crippen LogP contribution is -2.25. The third-order valence-corrected chi connectivity index (χ3v) is 5.62. The van der Waals surface area contributed by atoms with Gasteiger partial charge < -0.3 is 68.5 Å². The van der Waals surface area contributed by atoms with Gasteiger partial charge in [0.05, 0.1) is 26.4 Å². The van der Waals surface area contributed by atoms with Crippen LogP contribution in [-0.2, 0) is 76.3 Å². The third-order valence-electron chi connectivity index (χ3n) is 5.62. The minimum atomic E-state index is -1.05. The molecule has 0 aromatic heterocycles. The van der Waals surface area contributed by atoms with Crippen molar-refractivity contribution in [1.29, 1.82) is 0 Å². The van der Waals surface area contributed by atoms with Crippen LogP contribution < -0.4 is 0 Å². The predicted molar refractivity (Wildman–Crippen MR) is 242 cm³/mol. The molecule has 0 spiro atoms. The summed E-state index contributed by atoms with van der Waals surface area (Å²) in [5.41, 5.74) is 1.11. The molecule has 0 bridgehead atoms. The summed E-state index contributed by atoms with van der Waals surface area (Å²) >= 11 is 0. The van der Waals surface area contributed by atoms with E-state index < -0.39 is 60.1 Å². The van der Waals surface area contributed by atoms with Gasteiger partial charge in [-0.3, -0.25) is 0 Å². The maximum atomic E-state index is 10.9. The molecule has 0 radical (unpaired) electrons. The largest absolute Gasteiger partial charge is 0.463 e. The molecule has 1 unspecified atom stereocenters. The monoisotopic (exact) mass is 962 g/mol. The van der Waals surface area contributed by atoms with Crippen molar-refractivity contribution in [3.8, 4) is 0 Å². The van der Waals surface area contributed by atoms with Crippen LogP contribution in [0.1, 0.15) is 47.5 Å². The van der Waals surface area contributed by atoms with Gasteiger partial charge in [-0.1, -0.05) is 59.6 Å². The molecule has 0 fully saturated rings. The SMILES string of the molecule is C=C(C)C(=O)OCC(O)COC(=O)C(=C)C.C=C(C)C(=O)OCCCO.C=CC(=O)OCC(O)COC(=O)C(=C)C.C=CC(=O)OCC(O)COC(=O)C=C.C=CC(=O)OCCC.OCCO. The van der Waals surface area contributed by atoms with E-state index in [9.17, 15) is 48.6 Å². The second-order valence-electron chi connectivity index (χ2n) is 12.4. The number of esters is 8. The van der Waals surface area contributed by atoms with Gasteiger partial charge in [0.15, 0.2) is 0 Å². The van der Waals surface area contributed by atoms with Crippen LogP contribution in [0.5, 0.6) is 0 Å². The number of hydrogen-bond acceptors (Lipinski definition) is 22. The highest BCUT2D eigenvalue weighted by atomic mass is 16.6. The van der Waals surface area contributed by atoms with Crippen LogP contribution >= 0.6 is 0 Å². The molecule has 0 saturated heterocycles. The van der Waals surface area contributed by atoms with E-state index in [0.29, 0.717) is 18.6 Å². The Morgan fingerprint density at radius 3 is 0.851 bits per heavy atom. The zero-order valence-electron chi connectivity index (χ0n) is 39.1. The average molecular weight is 963 g/mol. The van der Waals surface area contributed by atoms with Crippen LogP contribution in [0.25, 0.3) is 0 Å². The molecular formula is C45H70O22. The van der Waals surface area contributed by atoms with Crippen molar-refractivity contribution in [3.63, 3.8) is 0 Å². The van der Waals surface area contributed by atoms with Crippen molar-refractivity contribution in [2.75, 3.05) is 72.7 Å². The fraction of sp³-hybridized carbons (Fsp3) is 0.467. The zero-order valence-corrected chi connectivity index (χ0v) is 39.1. The van der Waals surface area contributed by atoms with Gasteiger partial charge in [-0.25, -0.2) is 38.4 Å². The molecule has 0 aliphatic carbocycles. The maximum Gasteiger partial charge on any atom is 0.333 e. The molecule has 0 rings (SSSR count). The lowest BCUT2D eigenvalue weighted by molar-refractivity contribution is -0.148. The van der Waals surface area contributed by atoms with Crippen molar-refractivity contribution in [1.82, 2.24) is 0 Å². The first-order chi connectivity index (χ1) is 31.3. The van der Waals surface area contributed by atoms with Crippen molar-refractivity contribution in [3.05, 3.63) is 99.2 Å². The summed E-state index contributed by atoms with van der Waals surface area (Å²) in [6.45, 7) is 33.4. The molecule has 67 heavy (non-hydrogen) atoms. The average Bonchev–Trinajstić information content (AvgIpc) is 3.31. The van der Waals surface area contributed by atoms with E-state index in [2.05, 4.69) is 90.5 Å². The number of aliphatic hydroxyl groups is 6. The fourth-order valence-corrected chi connectivity index (χ4v) is 2.36. The van der Waals surface area contributed by atoms with Gasteiger partial charge in [0.2, 0.25) is 0 Å². The topological polar surface area (TPSA) is 332 Å². The molecule has 0 aliphatic heterocycles. The number of rotatable bonds is 26. The smallest absolute Gasteiger partial charge is 0.333 e. The minimum absolute atomic E-state index is 0.0451. The number of aliphatic hydroxyl groups excluding tert-OH is 6. The van der Waals surface area contributed by atoms with E-state index in [1.807, 2.05) is 6.92 Å². The zero-order chi connectivity index (χ0) is 53.3. The van der Waals surface area contributed by atoms with Crippen LogP contribution in [0.2, 0.25) is 0 Å². The standard InChI is InChI=1S/C11H16O5.C10H14O5.C9H12O5.C7H12O3.C6H10O2.C2H6O2/c1-7(2)10(13)15-5-9(12)6-16-11(14)8(3)4;1-4-9(12)14-5-8(11)6-15-10(13)7(2)3;1-3-8(11)13-5-7(10)6-14-9(12)4-2;1-6(2)7(9)10-5-3-4-8;1-3-5-8-6(7)4-2;3-1-2-4/h9,12H,1,3,5-6H2,2,4H3;4,8,11H,1-2,5-6H2,3H3;3-4,7,10H,1-2,5-6H2;8H,1,3-5H2,2H3;4H,2-3,5H2,1H3;3-4H,1-2H2. The number of hydrogen-bond donors (Lipinski definition) is 6. The van der Waals surface area contributed by atoms with Crippen molar-refractivity contribution in [2.45, 2.75) is 65.8 Å². The van der Waals surface area contributed by atoms with E-state index in [-0.39, 0.29) is 88.8 Å². The molecule has 0 saturated carbocycles. The Bertz CT molecular complexity index is 1510. The Hall–Kier alpha value is -6.56. The highest BCUT2D eigenvalue weighted by molar-refractivity contribution is 5.88. The normalized spacial score (nSPS) is 9.57. The fourth-order valence-electron chi connectivity index (χ4n) is 2.36. The van der Waals surface area contributed by atoms with E-state index in [1.54, 1.807) is 6.92 Å². The van der Waals surface area contributed by atoms with E-state index >= 15 is 0 Å². The minimum Gasteiger partial charge on any atom is -0.463 e. The van der Waals surface area contributed by atoms with Gasteiger partial charge in [-0.2, -0.15) is 0 Å². The molecule has 1 atom stereocenters. The first-order valence-electron chi connectivity index (χ1n) is 19.7. The first-order valence-corrected chi connectivity index (χ1v) is 19.7. The molecule has 0 amide bonds. The summed E-state index contributed by atoms with van der Waals surface area (Å²) in [5, 5.41) is 51.2. The highest BCUT2D eigenvalue weighted by Crippen LogP contribution is 1.98. The second kappa shape index (κ2) is 50.4. The molecule has 22 nitrogen and oxygen atoms in total. The van der Waals surface area contributed by atoms with Crippen molar-refractivity contribution >= 4 is 47.8 Å². The molecular weight excluding hydrogens is 892 g/mol. The lowest BCUT2D eigenvalue weighted by Gasteiger charge is -2.11. The maximum absolute atomic E-state index is 10.9. The van der Waals surface area contributed by atoms with Crippen LogP contribution in [0.3, 0.4) is 0 Å². The van der Waals surface area contributed by atoms with Crippen molar-refractivity contribution < 1.29 is 107 Å². The van der Waals surface area contributed by atoms with Gasteiger partial charge in [0, 0.05) is 59.6 Å². The second-order valence-corrected chi connectivity index (χ2v) is 12.4. The Labute approximate surface area is 391 Å². The van der Waals surface area contributed by atoms with Gasteiger partial charge in [0.25, 0.3) is 0 Å². The van der Waals surface area contributed by atoms with E-state index in [4.69, 9.17) is 20.4 Å². The highest BCUT2D eigenvalue weighted by Gasteiger charge is 2.13. The molecule has 22 heteroatoms. The Kier molecular flexibility index (Phi) is 54.2. The molecule has 0 aromatic carbocycles. The van der Waals surface area contributed by atoms with Crippen LogP contribution in [-0.4, -0.2) is 169 Å². The van der Waals surface area contributed by atoms with E-state index in [1.165, 1.54) is 20.8 Å². The summed E-state index contributed by atoms with van der Waals surface area (Å²) in [6.07, 6.45) is 2.30. The van der Waals surface area contributed by atoms with Crippen LogP contribution in [0, 0.1) is 0 Å². The summed E-state index contributed by atoms with van der Waals surface area (Å²) in [7, 11) is 0. The van der Waals surface area contributed by atoms with Gasteiger partial charge in [0.1, 0.15) is 58.0 Å². The van der Waals surface area contributed by atoms with Crippen LogP contribution in [0.15, 0.2) is 99.2 Å². The Morgan fingerprint density at radius 1 is 0.403 bits per heavy atom. The summed E-state index contributed by atoms with van der Waals surface area (Å²) in [5.74, 6) is -4.43. The van der Waals surface area contributed by atoms with E-state index in [0.717, 1.165) is 30.7 Å². The molecule has 382 valence electrons. The number of ether oxygens (including phenoxy) is 8. The Balaban J connectivity index is -0.000000173. The van der Waals surface area contributed by atoms with Crippen LogP contribution in [0.4, 0.5) is 0 Å². The van der Waals surface area contributed by atoms with Gasteiger partial charge in [-0.15, -0.1) is 0 Å². The lowest BCUT2D eigenvalue weighted by atomic mass is 10.3. The summed E-state index contributed by atoms with van der Waals surface area (Å²) < 4.78 is 36.7. The molecule has 0 aromatic rings. The number of carbonyl (C=O) groups is 8. The number of carbonyl (C=O) groups excluding carboxylic acids is 8. The molecule has 0 heterocycles. The molecule has 6 N–H and O–H groups in total. The van der Waals surface area contributed by atoms with Gasteiger partial charge in [-0.05, 0) is 34.1 Å². The Morgan fingerprint density at radius 2 is 0.642 bits per heavy atom. The third kappa shape index (κ3) is 59.4. The quantitative estimate of drug-likeness (QED) is 0.0307. The summed E-state index contributed by atoms with van der Waals surface area (Å²) in [6, 6.07) is 0. The summed E-state index contributed by atoms with van der Waals surface area (Å²) in [4.78, 5) is 85.3.